The fraction of sp³-hybridized carbons (Fsp3) is 0.647. The van der Waals surface area contributed by atoms with Gasteiger partial charge in [-0.15, -0.1) is 0 Å². The van der Waals surface area contributed by atoms with Crippen LogP contribution in [0.5, 0.6) is 0 Å². The van der Waals surface area contributed by atoms with Crippen molar-refractivity contribution in [3.05, 3.63) is 32.9 Å². The Labute approximate surface area is 153 Å². The zero-order valence-corrected chi connectivity index (χ0v) is 15.1. The fourth-order valence-corrected chi connectivity index (χ4v) is 3.17. The molecule has 1 saturated heterocycles. The molecular weight excluding hydrogens is 363 g/mol. The van der Waals surface area contributed by atoms with Gasteiger partial charge in [0.15, 0.2) is 17.2 Å². The number of carbonyl (C=O) groups excluding carboxylic acids is 2. The van der Waals surface area contributed by atoms with Crippen LogP contribution in [0.3, 0.4) is 0 Å². The predicted octanol–water partition coefficient (Wildman–Crippen LogP) is -0.206. The van der Waals surface area contributed by atoms with Gasteiger partial charge in [0, 0.05) is 19.3 Å². The maximum atomic E-state index is 13.6. The summed E-state index contributed by atoms with van der Waals surface area (Å²) in [5, 5.41) is 21.2. The highest BCUT2D eigenvalue weighted by atomic mass is 19.1. The average Bonchev–Trinajstić information content (AvgIpc) is 2.96. The molecule has 0 bridgehead atoms. The number of rotatable bonds is 8. The molecule has 0 spiro atoms. The Hall–Kier alpha value is -2.17. The zero-order chi connectivity index (χ0) is 20.4. The van der Waals surface area contributed by atoms with Crippen molar-refractivity contribution in [3.63, 3.8) is 0 Å². The molecule has 0 radical (unpaired) electrons. The molecule has 1 unspecified atom stereocenters. The summed E-state index contributed by atoms with van der Waals surface area (Å²) in [7, 11) is 0. The topological polar surface area (TPSA) is 139 Å². The zero-order valence-electron chi connectivity index (χ0n) is 15.1. The van der Waals surface area contributed by atoms with Gasteiger partial charge < -0.3 is 14.9 Å². The van der Waals surface area contributed by atoms with E-state index in [4.69, 9.17) is 4.74 Å². The fourth-order valence-electron chi connectivity index (χ4n) is 3.17. The first-order chi connectivity index (χ1) is 12.7. The number of aliphatic hydroxyl groups is 2. The summed E-state index contributed by atoms with van der Waals surface area (Å²) in [5.74, 6) is -2.53. The number of nitrogens with zero attached hydrogens (tertiary/aromatic N) is 1. The smallest absolute Gasteiger partial charge is 0.330 e. The van der Waals surface area contributed by atoms with E-state index in [9.17, 15) is 33.8 Å². The van der Waals surface area contributed by atoms with Gasteiger partial charge in [-0.25, -0.2) is 4.79 Å². The molecule has 1 fully saturated rings. The first-order valence-electron chi connectivity index (χ1n) is 8.78. The molecule has 1 aromatic heterocycles. The Bertz CT molecular complexity index is 833. The molecule has 150 valence electrons. The molecular formula is C17H23FN2O7. The van der Waals surface area contributed by atoms with E-state index < -0.39 is 59.1 Å². The van der Waals surface area contributed by atoms with Gasteiger partial charge in [0.25, 0.3) is 5.56 Å². The highest BCUT2D eigenvalue weighted by Crippen LogP contribution is 2.39. The van der Waals surface area contributed by atoms with Crippen LogP contribution in [0.1, 0.15) is 52.2 Å². The highest BCUT2D eigenvalue weighted by Gasteiger charge is 2.56. The van der Waals surface area contributed by atoms with Crippen LogP contribution in [0.4, 0.5) is 4.39 Å². The number of hydrogen-bond acceptors (Lipinski definition) is 7. The molecule has 1 aliphatic heterocycles. The maximum absolute atomic E-state index is 13.6. The summed E-state index contributed by atoms with van der Waals surface area (Å²) in [6.07, 6.45) is -3.79. The minimum Gasteiger partial charge on any atom is -0.382 e. The molecule has 0 amide bonds. The minimum atomic E-state index is -2.23. The number of halogens is 1. The third-order valence-corrected chi connectivity index (χ3v) is 4.57. The summed E-state index contributed by atoms with van der Waals surface area (Å²) < 4.78 is 19.7. The Kier molecular flexibility index (Phi) is 6.45. The molecule has 0 aromatic carbocycles. The molecule has 2 rings (SSSR count). The van der Waals surface area contributed by atoms with E-state index in [1.807, 2.05) is 0 Å². The number of H-pyrrole nitrogens is 1. The van der Waals surface area contributed by atoms with Crippen LogP contribution in [0.25, 0.3) is 0 Å². The number of aliphatic hydroxyl groups excluding tert-OH is 1. The molecule has 4 atom stereocenters. The SMILES string of the molecule is CCCC(=O)C(O)[C@H]1O[C@@H](n2cc(F)c(=O)[nH]c2=O)C[C@@]1(O)C(=O)CCC. The van der Waals surface area contributed by atoms with Crippen LogP contribution in [0, 0.1) is 5.82 Å². The van der Waals surface area contributed by atoms with Crippen LogP contribution in [0.15, 0.2) is 15.8 Å². The second-order valence-corrected chi connectivity index (χ2v) is 6.62. The maximum Gasteiger partial charge on any atom is 0.330 e. The van der Waals surface area contributed by atoms with Crippen molar-refractivity contribution in [2.75, 3.05) is 0 Å². The van der Waals surface area contributed by atoms with Gasteiger partial charge in [-0.05, 0) is 12.8 Å². The Morgan fingerprint density at radius 2 is 2.00 bits per heavy atom. The second-order valence-electron chi connectivity index (χ2n) is 6.62. The van der Waals surface area contributed by atoms with Crippen molar-refractivity contribution < 1.29 is 28.9 Å². The first kappa shape index (κ1) is 21.1. The number of aromatic amines is 1. The van der Waals surface area contributed by atoms with Gasteiger partial charge in [0.2, 0.25) is 5.82 Å². The van der Waals surface area contributed by atoms with Crippen molar-refractivity contribution in [3.8, 4) is 0 Å². The van der Waals surface area contributed by atoms with Gasteiger partial charge in [-0.2, -0.15) is 4.39 Å². The number of ketones is 2. The molecule has 0 saturated carbocycles. The molecule has 2 heterocycles. The first-order valence-corrected chi connectivity index (χ1v) is 8.78. The highest BCUT2D eigenvalue weighted by molar-refractivity contribution is 5.91. The van der Waals surface area contributed by atoms with Gasteiger partial charge in [-0.1, -0.05) is 13.8 Å². The van der Waals surface area contributed by atoms with Crippen LogP contribution < -0.4 is 11.2 Å². The van der Waals surface area contributed by atoms with Gasteiger partial charge >= 0.3 is 5.69 Å². The summed E-state index contributed by atoms with van der Waals surface area (Å²) in [5.41, 5.74) is -4.46. The van der Waals surface area contributed by atoms with Gasteiger partial charge in [0.05, 0.1) is 6.20 Å². The van der Waals surface area contributed by atoms with Gasteiger partial charge in [-0.3, -0.25) is 23.9 Å². The van der Waals surface area contributed by atoms with Crippen LogP contribution in [-0.4, -0.2) is 49.1 Å². The normalized spacial score (nSPS) is 26.1. The summed E-state index contributed by atoms with van der Waals surface area (Å²) in [4.78, 5) is 49.5. The van der Waals surface area contributed by atoms with E-state index in [2.05, 4.69) is 0 Å². The van der Waals surface area contributed by atoms with Crippen molar-refractivity contribution in [2.45, 2.75) is 70.0 Å². The number of carbonyl (C=O) groups is 2. The molecule has 27 heavy (non-hydrogen) atoms. The predicted molar refractivity (Wildman–Crippen MR) is 90.6 cm³/mol. The molecule has 0 aliphatic carbocycles. The summed E-state index contributed by atoms with van der Waals surface area (Å²) >= 11 is 0. The Morgan fingerprint density at radius 3 is 2.59 bits per heavy atom. The lowest BCUT2D eigenvalue weighted by atomic mass is 9.83. The molecule has 1 aliphatic rings. The van der Waals surface area contributed by atoms with E-state index in [1.54, 1.807) is 18.8 Å². The standard InChI is InChI=1S/C17H23FN2O7/c1-3-5-10(21)13(23)14-17(26,11(22)6-4-2)7-12(27-14)20-8-9(18)15(24)19-16(20)25/h8,12-14,23,26H,3-7H2,1-2H3,(H,19,24,25)/t12-,13?,14-,17-/m1/s1. The van der Waals surface area contributed by atoms with E-state index in [-0.39, 0.29) is 12.8 Å². The third-order valence-electron chi connectivity index (χ3n) is 4.57. The number of Topliss-reactive ketones (excluding diaryl/α,β-unsaturated/α-hetero) is 2. The minimum absolute atomic E-state index is 0.0109. The molecule has 10 heteroatoms. The van der Waals surface area contributed by atoms with Crippen LogP contribution >= 0.6 is 0 Å². The van der Waals surface area contributed by atoms with Crippen LogP contribution in [0.2, 0.25) is 0 Å². The monoisotopic (exact) mass is 386 g/mol. The largest absolute Gasteiger partial charge is 0.382 e. The van der Waals surface area contributed by atoms with E-state index in [0.717, 1.165) is 0 Å². The summed E-state index contributed by atoms with van der Waals surface area (Å²) in [6.45, 7) is 3.43. The number of nitrogens with one attached hydrogen (secondary N) is 1. The lowest BCUT2D eigenvalue weighted by Crippen LogP contribution is -2.53. The number of ether oxygens (including phenoxy) is 1. The van der Waals surface area contributed by atoms with E-state index in [0.29, 0.717) is 23.6 Å². The van der Waals surface area contributed by atoms with Crippen LogP contribution in [-0.2, 0) is 14.3 Å². The lowest BCUT2D eigenvalue weighted by molar-refractivity contribution is -0.160. The summed E-state index contributed by atoms with van der Waals surface area (Å²) in [6, 6.07) is 0. The van der Waals surface area contributed by atoms with E-state index >= 15 is 0 Å². The Balaban J connectivity index is 2.44. The molecule has 9 nitrogen and oxygen atoms in total. The van der Waals surface area contributed by atoms with Crippen molar-refractivity contribution in [2.24, 2.45) is 0 Å². The van der Waals surface area contributed by atoms with Crippen molar-refractivity contribution >= 4 is 11.6 Å². The second kappa shape index (κ2) is 8.24. The number of hydrogen-bond donors (Lipinski definition) is 3. The van der Waals surface area contributed by atoms with Crippen molar-refractivity contribution in [1.29, 1.82) is 0 Å². The van der Waals surface area contributed by atoms with Gasteiger partial charge in [0.1, 0.15) is 18.4 Å². The number of aromatic nitrogens is 2. The van der Waals surface area contributed by atoms with Crippen molar-refractivity contribution in [1.82, 2.24) is 9.55 Å². The van der Waals surface area contributed by atoms with E-state index in [1.165, 1.54) is 0 Å². The quantitative estimate of drug-likeness (QED) is 0.562. The molecule has 3 N–H and O–H groups in total. The lowest BCUT2D eigenvalue weighted by Gasteiger charge is -2.29. The average molecular weight is 386 g/mol. The Morgan fingerprint density at radius 1 is 1.37 bits per heavy atom. The third kappa shape index (κ3) is 4.07. The molecule has 1 aromatic rings.